The highest BCUT2D eigenvalue weighted by Gasteiger charge is 2.40. The van der Waals surface area contributed by atoms with Crippen molar-refractivity contribution < 1.29 is 17.9 Å². The number of methoxy groups -OCH3 is 1. The Kier molecular flexibility index (Phi) is 2.03. The van der Waals surface area contributed by atoms with E-state index < -0.39 is 11.7 Å². The molecule has 0 heterocycles. The van der Waals surface area contributed by atoms with Gasteiger partial charge in [-0.25, -0.2) is 0 Å². The first-order chi connectivity index (χ1) is 6.54. The van der Waals surface area contributed by atoms with Crippen LogP contribution in [0.25, 0.3) is 0 Å². The lowest BCUT2D eigenvalue weighted by Gasteiger charge is -2.31. The number of hydrogen-bond donors (Lipinski definition) is 0. The van der Waals surface area contributed by atoms with Crippen molar-refractivity contribution >= 4 is 0 Å². The summed E-state index contributed by atoms with van der Waals surface area (Å²) in [5, 5.41) is 0. The van der Waals surface area contributed by atoms with Crippen LogP contribution in [0.3, 0.4) is 0 Å². The molecule has 0 radical (unpaired) electrons. The Labute approximate surface area is 79.5 Å². The van der Waals surface area contributed by atoms with Crippen LogP contribution in [0.15, 0.2) is 18.2 Å². The highest BCUT2D eigenvalue weighted by Crippen LogP contribution is 2.44. The molecule has 4 heteroatoms. The fourth-order valence-electron chi connectivity index (χ4n) is 1.79. The number of hydrogen-bond acceptors (Lipinski definition) is 1. The van der Waals surface area contributed by atoms with E-state index in [1.165, 1.54) is 13.2 Å². The van der Waals surface area contributed by atoms with Crippen LogP contribution in [0.4, 0.5) is 13.2 Å². The van der Waals surface area contributed by atoms with Gasteiger partial charge in [-0.1, -0.05) is 12.1 Å². The van der Waals surface area contributed by atoms with Gasteiger partial charge in [-0.05, 0) is 17.2 Å². The molecule has 0 spiro atoms. The Hall–Kier alpha value is -1.03. The van der Waals surface area contributed by atoms with Crippen molar-refractivity contribution in [3.63, 3.8) is 0 Å². The van der Waals surface area contributed by atoms with Gasteiger partial charge < -0.3 is 4.74 Å². The Morgan fingerprint density at radius 2 is 2.07 bits per heavy atom. The van der Waals surface area contributed by atoms with E-state index in [1.807, 2.05) is 0 Å². The number of ether oxygens (including phenoxy) is 1. The van der Waals surface area contributed by atoms with Gasteiger partial charge >= 0.3 is 6.18 Å². The van der Waals surface area contributed by atoms with Crippen LogP contribution in [0.1, 0.15) is 22.8 Å². The summed E-state index contributed by atoms with van der Waals surface area (Å²) in [6.07, 6.45) is -4.08. The maximum atomic E-state index is 12.5. The molecule has 1 aromatic rings. The zero-order chi connectivity index (χ0) is 10.3. The van der Waals surface area contributed by atoms with Crippen molar-refractivity contribution in [2.24, 2.45) is 0 Å². The topological polar surface area (TPSA) is 9.23 Å². The van der Waals surface area contributed by atoms with Crippen LogP contribution in [-0.4, -0.2) is 7.11 Å². The summed E-state index contributed by atoms with van der Waals surface area (Å²) >= 11 is 0. The molecule has 1 aliphatic rings. The smallest absolute Gasteiger partial charge is 0.376 e. The maximum absolute atomic E-state index is 12.5. The van der Waals surface area contributed by atoms with Gasteiger partial charge in [0, 0.05) is 13.5 Å². The Morgan fingerprint density at radius 1 is 1.36 bits per heavy atom. The molecule has 2 rings (SSSR count). The molecule has 0 fully saturated rings. The average molecular weight is 202 g/mol. The molecular weight excluding hydrogens is 193 g/mol. The Balaban J connectivity index is 2.48. The second kappa shape index (κ2) is 2.98. The number of fused-ring (bicyclic) bond motifs is 1. The summed E-state index contributed by atoms with van der Waals surface area (Å²) in [7, 11) is 1.43. The van der Waals surface area contributed by atoms with E-state index in [2.05, 4.69) is 0 Å². The predicted octanol–water partition coefficient (Wildman–Crippen LogP) is 2.95. The molecule has 1 nitrogen and oxygen atoms in total. The minimum atomic E-state index is -4.28. The van der Waals surface area contributed by atoms with E-state index in [-0.39, 0.29) is 6.10 Å². The molecule has 0 amide bonds. The van der Waals surface area contributed by atoms with E-state index >= 15 is 0 Å². The fourth-order valence-corrected chi connectivity index (χ4v) is 1.79. The van der Waals surface area contributed by atoms with Crippen molar-refractivity contribution in [1.29, 1.82) is 0 Å². The first-order valence-electron chi connectivity index (χ1n) is 4.26. The standard InChI is InChI=1S/C10H9F3O/c1-14-8-5-6-3-2-4-7(9(6)8)10(11,12)13/h2-4,8H,5H2,1H3. The molecule has 14 heavy (non-hydrogen) atoms. The van der Waals surface area contributed by atoms with Gasteiger partial charge in [0.25, 0.3) is 0 Å². The van der Waals surface area contributed by atoms with Crippen molar-refractivity contribution in [2.75, 3.05) is 7.11 Å². The van der Waals surface area contributed by atoms with Crippen LogP contribution < -0.4 is 0 Å². The molecule has 0 bridgehead atoms. The normalized spacial score (nSPS) is 20.1. The summed E-state index contributed by atoms with van der Waals surface area (Å²) in [4.78, 5) is 0. The molecule has 76 valence electrons. The fraction of sp³-hybridized carbons (Fsp3) is 0.400. The van der Waals surface area contributed by atoms with Crippen molar-refractivity contribution in [3.8, 4) is 0 Å². The summed E-state index contributed by atoms with van der Waals surface area (Å²) in [6.45, 7) is 0. The largest absolute Gasteiger partial charge is 0.416 e. The molecule has 0 N–H and O–H groups in total. The lowest BCUT2D eigenvalue weighted by molar-refractivity contribution is -0.140. The van der Waals surface area contributed by atoms with Crippen LogP contribution >= 0.6 is 0 Å². The minimum Gasteiger partial charge on any atom is -0.376 e. The average Bonchev–Trinajstić information content (AvgIpc) is 2.05. The van der Waals surface area contributed by atoms with E-state index in [0.29, 0.717) is 12.0 Å². The Morgan fingerprint density at radius 3 is 2.64 bits per heavy atom. The summed E-state index contributed by atoms with van der Waals surface area (Å²) in [6, 6.07) is 4.25. The molecule has 1 unspecified atom stereocenters. The van der Waals surface area contributed by atoms with Gasteiger partial charge in [-0.15, -0.1) is 0 Å². The lowest BCUT2D eigenvalue weighted by atomic mass is 9.81. The highest BCUT2D eigenvalue weighted by molar-refractivity contribution is 5.45. The number of rotatable bonds is 1. The predicted molar refractivity (Wildman–Crippen MR) is 44.9 cm³/mol. The van der Waals surface area contributed by atoms with Crippen molar-refractivity contribution in [1.82, 2.24) is 0 Å². The molecule has 0 aliphatic heterocycles. The monoisotopic (exact) mass is 202 g/mol. The van der Waals surface area contributed by atoms with E-state index in [4.69, 9.17) is 4.74 Å². The zero-order valence-corrected chi connectivity index (χ0v) is 7.56. The number of halogens is 3. The quantitative estimate of drug-likeness (QED) is 0.680. The third kappa shape index (κ3) is 1.30. The molecule has 0 saturated carbocycles. The Bertz CT molecular complexity index is 357. The molecular formula is C10H9F3O. The van der Waals surface area contributed by atoms with Crippen LogP contribution in [0, 0.1) is 0 Å². The highest BCUT2D eigenvalue weighted by atomic mass is 19.4. The molecule has 1 aliphatic carbocycles. The van der Waals surface area contributed by atoms with E-state index in [9.17, 15) is 13.2 Å². The second-order valence-electron chi connectivity index (χ2n) is 3.30. The SMILES string of the molecule is COC1Cc2cccc(C(F)(F)F)c21. The van der Waals surface area contributed by atoms with Crippen LogP contribution in [-0.2, 0) is 17.3 Å². The van der Waals surface area contributed by atoms with Gasteiger partial charge in [0.15, 0.2) is 0 Å². The minimum absolute atomic E-state index is 0.308. The van der Waals surface area contributed by atoms with Crippen molar-refractivity contribution in [3.05, 3.63) is 34.9 Å². The second-order valence-corrected chi connectivity index (χ2v) is 3.30. The first kappa shape index (κ1) is 9.52. The summed E-state index contributed by atoms with van der Waals surface area (Å²) < 4.78 is 42.5. The third-order valence-corrected chi connectivity index (χ3v) is 2.51. The van der Waals surface area contributed by atoms with Gasteiger partial charge in [-0.3, -0.25) is 0 Å². The summed E-state index contributed by atoms with van der Waals surface area (Å²) in [5.41, 5.74) is 0.488. The molecule has 0 saturated heterocycles. The lowest BCUT2D eigenvalue weighted by Crippen LogP contribution is -2.24. The molecule has 0 aromatic heterocycles. The number of alkyl halides is 3. The van der Waals surface area contributed by atoms with E-state index in [1.54, 1.807) is 6.07 Å². The van der Waals surface area contributed by atoms with Gasteiger partial charge in [0.05, 0.1) is 11.7 Å². The number of benzene rings is 1. The molecule has 1 atom stereocenters. The first-order valence-corrected chi connectivity index (χ1v) is 4.26. The van der Waals surface area contributed by atoms with Crippen LogP contribution in [0.5, 0.6) is 0 Å². The zero-order valence-electron chi connectivity index (χ0n) is 7.56. The summed E-state index contributed by atoms with van der Waals surface area (Å²) in [5.74, 6) is 0. The van der Waals surface area contributed by atoms with Crippen LogP contribution in [0.2, 0.25) is 0 Å². The van der Waals surface area contributed by atoms with Gasteiger partial charge in [-0.2, -0.15) is 13.2 Å². The molecule has 1 aromatic carbocycles. The maximum Gasteiger partial charge on any atom is 0.416 e. The van der Waals surface area contributed by atoms with E-state index in [0.717, 1.165) is 11.6 Å². The van der Waals surface area contributed by atoms with Crippen molar-refractivity contribution in [2.45, 2.75) is 18.7 Å². The van der Waals surface area contributed by atoms with Gasteiger partial charge in [0.1, 0.15) is 0 Å². The van der Waals surface area contributed by atoms with Gasteiger partial charge in [0.2, 0.25) is 0 Å². The third-order valence-electron chi connectivity index (χ3n) is 2.51.